The molecule has 0 unspecified atom stereocenters. The third-order valence-corrected chi connectivity index (χ3v) is 7.23. The number of nitrogens with one attached hydrogen (secondary N) is 1. The first kappa shape index (κ1) is 26.8. The van der Waals surface area contributed by atoms with Crippen LogP contribution in [-0.4, -0.2) is 28.8 Å². The minimum atomic E-state index is -0.448. The van der Waals surface area contributed by atoms with Gasteiger partial charge in [0.2, 0.25) is 0 Å². The van der Waals surface area contributed by atoms with Gasteiger partial charge in [-0.15, -0.1) is 11.3 Å². The highest BCUT2D eigenvalue weighted by molar-refractivity contribution is 7.17. The van der Waals surface area contributed by atoms with E-state index in [1.54, 1.807) is 19.2 Å². The Morgan fingerprint density at radius 3 is 2.48 bits per heavy atom. The SMILES string of the molecule is COc1cc(C=NNC(=O)Cn2cnc3scc(-c4ccc(C)cc4)c3c2=O)ccc1OCc1ccc(C)cc1. The third-order valence-electron chi connectivity index (χ3n) is 6.34. The van der Waals surface area contributed by atoms with Crippen LogP contribution in [0.3, 0.4) is 0 Å². The third kappa shape index (κ3) is 6.10. The maximum atomic E-state index is 13.2. The van der Waals surface area contributed by atoms with Gasteiger partial charge in [0.05, 0.1) is 25.0 Å². The highest BCUT2D eigenvalue weighted by Gasteiger charge is 2.15. The molecule has 1 amide bonds. The summed E-state index contributed by atoms with van der Waals surface area (Å²) in [6.45, 7) is 4.26. The predicted octanol–water partition coefficient (Wildman–Crippen LogP) is 5.48. The van der Waals surface area contributed by atoms with Crippen molar-refractivity contribution in [2.24, 2.45) is 5.10 Å². The average Bonchev–Trinajstić information content (AvgIpc) is 3.40. The molecule has 0 radical (unpaired) electrons. The minimum absolute atomic E-state index is 0.211. The molecule has 0 atom stereocenters. The second-order valence-corrected chi connectivity index (χ2v) is 10.2. The van der Waals surface area contributed by atoms with Crippen LogP contribution >= 0.6 is 11.3 Å². The fraction of sp³-hybridized carbons (Fsp3) is 0.161. The molecule has 1 N–H and O–H groups in total. The van der Waals surface area contributed by atoms with E-state index in [1.807, 2.05) is 73.8 Å². The molecule has 8 nitrogen and oxygen atoms in total. The van der Waals surface area contributed by atoms with Gasteiger partial charge < -0.3 is 9.47 Å². The van der Waals surface area contributed by atoms with Gasteiger partial charge in [-0.05, 0) is 48.7 Å². The number of nitrogens with zero attached hydrogens (tertiary/aromatic N) is 3. The molecule has 2 aromatic heterocycles. The van der Waals surface area contributed by atoms with Crippen LogP contribution in [0.15, 0.2) is 88.3 Å². The van der Waals surface area contributed by atoms with Crippen LogP contribution in [0, 0.1) is 13.8 Å². The van der Waals surface area contributed by atoms with Crippen LogP contribution in [0.2, 0.25) is 0 Å². The number of thiophene rings is 1. The zero-order valence-electron chi connectivity index (χ0n) is 22.4. The Morgan fingerprint density at radius 2 is 1.75 bits per heavy atom. The number of ether oxygens (including phenoxy) is 2. The van der Waals surface area contributed by atoms with Gasteiger partial charge in [0, 0.05) is 10.9 Å². The molecule has 0 saturated heterocycles. The first-order chi connectivity index (χ1) is 19.4. The van der Waals surface area contributed by atoms with Crippen LogP contribution < -0.4 is 20.5 Å². The number of hydrazone groups is 1. The Balaban J connectivity index is 1.24. The molecule has 0 bridgehead atoms. The monoisotopic (exact) mass is 552 g/mol. The van der Waals surface area contributed by atoms with Gasteiger partial charge in [-0.25, -0.2) is 10.4 Å². The molecule has 2 heterocycles. The van der Waals surface area contributed by atoms with Crippen molar-refractivity contribution in [3.05, 3.63) is 111 Å². The van der Waals surface area contributed by atoms with E-state index in [0.29, 0.717) is 33.9 Å². The number of methoxy groups -OCH3 is 1. The van der Waals surface area contributed by atoms with Crippen LogP contribution in [0.5, 0.6) is 11.5 Å². The van der Waals surface area contributed by atoms with E-state index < -0.39 is 5.91 Å². The summed E-state index contributed by atoms with van der Waals surface area (Å²) in [5.74, 6) is 0.704. The first-order valence-corrected chi connectivity index (χ1v) is 13.5. The van der Waals surface area contributed by atoms with Crippen molar-refractivity contribution in [3.63, 3.8) is 0 Å². The molecule has 0 spiro atoms. The van der Waals surface area contributed by atoms with Gasteiger partial charge in [-0.2, -0.15) is 5.10 Å². The van der Waals surface area contributed by atoms with E-state index in [4.69, 9.17) is 9.47 Å². The number of aromatic nitrogens is 2. The van der Waals surface area contributed by atoms with Crippen molar-refractivity contribution in [2.75, 3.05) is 7.11 Å². The maximum absolute atomic E-state index is 13.2. The van der Waals surface area contributed by atoms with Gasteiger partial charge in [-0.1, -0.05) is 59.7 Å². The maximum Gasteiger partial charge on any atom is 0.263 e. The summed E-state index contributed by atoms with van der Waals surface area (Å²) in [6, 6.07) is 21.5. The number of amides is 1. The Kier molecular flexibility index (Phi) is 8.02. The summed E-state index contributed by atoms with van der Waals surface area (Å²) in [7, 11) is 1.57. The largest absolute Gasteiger partial charge is 0.493 e. The van der Waals surface area contributed by atoms with E-state index in [0.717, 1.165) is 22.3 Å². The fourth-order valence-electron chi connectivity index (χ4n) is 4.12. The second kappa shape index (κ2) is 12.0. The molecule has 40 heavy (non-hydrogen) atoms. The van der Waals surface area contributed by atoms with E-state index in [-0.39, 0.29) is 12.1 Å². The van der Waals surface area contributed by atoms with Crippen molar-refractivity contribution in [3.8, 4) is 22.6 Å². The van der Waals surface area contributed by atoms with Crippen molar-refractivity contribution in [1.82, 2.24) is 15.0 Å². The number of carbonyl (C=O) groups excluding carboxylic acids is 1. The number of carbonyl (C=O) groups is 1. The molecule has 5 aromatic rings. The molecular weight excluding hydrogens is 524 g/mol. The van der Waals surface area contributed by atoms with E-state index >= 15 is 0 Å². The fourth-order valence-corrected chi connectivity index (χ4v) is 5.03. The number of hydrogen-bond donors (Lipinski definition) is 1. The smallest absolute Gasteiger partial charge is 0.263 e. The predicted molar refractivity (Wildman–Crippen MR) is 158 cm³/mol. The van der Waals surface area contributed by atoms with Crippen molar-refractivity contribution >= 4 is 33.7 Å². The second-order valence-electron chi connectivity index (χ2n) is 9.35. The molecule has 3 aromatic carbocycles. The first-order valence-electron chi connectivity index (χ1n) is 12.6. The lowest BCUT2D eigenvalue weighted by Gasteiger charge is -2.11. The van der Waals surface area contributed by atoms with Crippen molar-refractivity contribution in [1.29, 1.82) is 0 Å². The Bertz CT molecular complexity index is 1740. The summed E-state index contributed by atoms with van der Waals surface area (Å²) < 4.78 is 12.7. The van der Waals surface area contributed by atoms with Gasteiger partial charge in [0.15, 0.2) is 11.5 Å². The Labute approximate surface area is 235 Å². The summed E-state index contributed by atoms with van der Waals surface area (Å²) in [5.41, 5.74) is 8.04. The van der Waals surface area contributed by atoms with Crippen LogP contribution in [0.4, 0.5) is 0 Å². The number of aryl methyl sites for hydroxylation is 2. The van der Waals surface area contributed by atoms with Gasteiger partial charge in [0.1, 0.15) is 18.0 Å². The topological polar surface area (TPSA) is 94.8 Å². The van der Waals surface area contributed by atoms with Crippen LogP contribution in [0.1, 0.15) is 22.3 Å². The molecule has 0 aliphatic carbocycles. The zero-order chi connectivity index (χ0) is 28.1. The molecule has 9 heteroatoms. The van der Waals surface area contributed by atoms with Crippen molar-refractivity contribution in [2.45, 2.75) is 27.0 Å². The Hall–Kier alpha value is -4.76. The quantitative estimate of drug-likeness (QED) is 0.193. The van der Waals surface area contributed by atoms with Crippen molar-refractivity contribution < 1.29 is 14.3 Å². The lowest BCUT2D eigenvalue weighted by atomic mass is 10.1. The van der Waals surface area contributed by atoms with Crippen LogP contribution in [0.25, 0.3) is 21.3 Å². The highest BCUT2D eigenvalue weighted by Crippen LogP contribution is 2.31. The van der Waals surface area contributed by atoms with Gasteiger partial charge in [0.25, 0.3) is 11.5 Å². The summed E-state index contributed by atoms with van der Waals surface area (Å²) in [5, 5.41) is 6.47. The number of hydrogen-bond acceptors (Lipinski definition) is 7. The number of fused-ring (bicyclic) bond motifs is 1. The molecule has 5 rings (SSSR count). The van der Waals surface area contributed by atoms with E-state index in [2.05, 4.69) is 15.5 Å². The number of benzene rings is 3. The molecule has 202 valence electrons. The van der Waals surface area contributed by atoms with E-state index in [1.165, 1.54) is 34.0 Å². The Morgan fingerprint density at radius 1 is 1.02 bits per heavy atom. The minimum Gasteiger partial charge on any atom is -0.493 e. The van der Waals surface area contributed by atoms with Gasteiger partial charge in [-0.3, -0.25) is 14.2 Å². The van der Waals surface area contributed by atoms with E-state index in [9.17, 15) is 9.59 Å². The van der Waals surface area contributed by atoms with Gasteiger partial charge >= 0.3 is 0 Å². The highest BCUT2D eigenvalue weighted by atomic mass is 32.1. The van der Waals surface area contributed by atoms with Crippen LogP contribution in [-0.2, 0) is 17.9 Å². The summed E-state index contributed by atoms with van der Waals surface area (Å²) >= 11 is 1.40. The lowest BCUT2D eigenvalue weighted by molar-refractivity contribution is -0.121. The summed E-state index contributed by atoms with van der Waals surface area (Å²) in [6.07, 6.45) is 2.90. The molecule has 0 aliphatic heterocycles. The molecule has 0 saturated carbocycles. The lowest BCUT2D eigenvalue weighted by Crippen LogP contribution is -2.30. The normalized spacial score (nSPS) is 11.2. The molecular formula is C31H28N4O4S. The number of rotatable bonds is 9. The molecule has 0 aliphatic rings. The molecule has 0 fully saturated rings. The summed E-state index contributed by atoms with van der Waals surface area (Å²) in [4.78, 5) is 30.8. The zero-order valence-corrected chi connectivity index (χ0v) is 23.2. The average molecular weight is 553 g/mol. The standard InChI is InChI=1S/C31H28N4O4S/c1-20-4-8-22(9-5-20)17-39-26-13-10-23(14-27(26)38-3)15-33-34-28(36)16-35-19-32-30-29(31(35)37)25(18-40-30)24-11-6-21(2)7-12-24/h4-15,18-19H,16-17H2,1-3H3,(H,34,36).